The number of nitrogens with zero attached hydrogens (tertiary/aromatic N) is 2. The zero-order valence-corrected chi connectivity index (χ0v) is 30.5. The molecule has 0 spiro atoms. The Morgan fingerprint density at radius 1 is 0.509 bits per heavy atom. The molecule has 0 atom stereocenters. The van der Waals surface area contributed by atoms with E-state index < -0.39 is 0 Å². The number of hydrogen-bond donors (Lipinski definition) is 0. The molecule has 2 heterocycles. The van der Waals surface area contributed by atoms with Gasteiger partial charge < -0.3 is 13.9 Å². The lowest BCUT2D eigenvalue weighted by molar-refractivity contribution is 0.670. The topological polar surface area (TPSA) is 21.3 Å². The summed E-state index contributed by atoms with van der Waals surface area (Å²) in [5.74, 6) is 0. The van der Waals surface area contributed by atoms with Crippen molar-refractivity contribution in [3.63, 3.8) is 0 Å². The molecular weight excluding hydrogens is 669 g/mol. The Hall–Kier alpha value is -6.84. The second-order valence-corrected chi connectivity index (χ2v) is 14.8. The third-order valence-corrected chi connectivity index (χ3v) is 11.6. The maximum Gasteiger partial charge on any atom is 0.143 e. The van der Waals surface area contributed by atoms with Crippen molar-refractivity contribution in [1.29, 1.82) is 0 Å². The highest BCUT2D eigenvalue weighted by atomic mass is 16.3. The summed E-state index contributed by atoms with van der Waals surface area (Å²) in [5.41, 5.74) is 14.0. The first-order chi connectivity index (χ1) is 27.3. The van der Waals surface area contributed by atoms with Crippen molar-refractivity contribution in [3.8, 4) is 16.8 Å². The van der Waals surface area contributed by atoms with Crippen LogP contribution in [0.25, 0.3) is 71.3 Å². The van der Waals surface area contributed by atoms with Crippen LogP contribution in [-0.2, 0) is 0 Å². The molecule has 0 saturated heterocycles. The van der Waals surface area contributed by atoms with Crippen LogP contribution >= 0.6 is 0 Å². The lowest BCUT2D eigenvalue weighted by atomic mass is 9.90. The first-order valence-electron chi connectivity index (χ1n) is 19.4. The molecule has 0 saturated carbocycles. The van der Waals surface area contributed by atoms with Crippen LogP contribution in [-0.4, -0.2) is 4.57 Å². The summed E-state index contributed by atoms with van der Waals surface area (Å²) >= 11 is 0. The molecule has 0 N–H and O–H groups in total. The van der Waals surface area contributed by atoms with Crippen molar-refractivity contribution in [1.82, 2.24) is 4.57 Å². The van der Waals surface area contributed by atoms with Gasteiger partial charge in [-0.15, -0.1) is 0 Å². The number of fused-ring (bicyclic) bond motifs is 7. The van der Waals surface area contributed by atoms with E-state index in [1.165, 1.54) is 55.1 Å². The second-order valence-electron chi connectivity index (χ2n) is 14.8. The SMILES string of the molecule is C1=CCCC(C2=CC=C(N(c3ccccc3)c3ccc(-c4cc(-n5c6ccccc6c6cc7ccccc7cc65)cc5c4oc4ccccc45)cc3)CC2)=C1. The zero-order valence-electron chi connectivity index (χ0n) is 30.5. The van der Waals surface area contributed by atoms with Gasteiger partial charge in [-0.1, -0.05) is 115 Å². The molecule has 9 aromatic rings. The van der Waals surface area contributed by atoms with Gasteiger partial charge in [0.2, 0.25) is 0 Å². The number of rotatable bonds is 6. The second kappa shape index (κ2) is 12.9. The van der Waals surface area contributed by atoms with Crippen LogP contribution < -0.4 is 4.90 Å². The molecule has 2 aromatic heterocycles. The average Bonchev–Trinajstić information content (AvgIpc) is 3.79. The van der Waals surface area contributed by atoms with E-state index in [-0.39, 0.29) is 0 Å². The minimum absolute atomic E-state index is 0.896. The highest BCUT2D eigenvalue weighted by Crippen LogP contribution is 2.43. The third-order valence-electron chi connectivity index (χ3n) is 11.6. The molecule has 7 aromatic carbocycles. The highest BCUT2D eigenvalue weighted by molar-refractivity contribution is 6.15. The summed E-state index contributed by atoms with van der Waals surface area (Å²) in [4.78, 5) is 2.42. The number of hydrogen-bond acceptors (Lipinski definition) is 2. The van der Waals surface area contributed by atoms with Gasteiger partial charge in [0.25, 0.3) is 0 Å². The lowest BCUT2D eigenvalue weighted by Gasteiger charge is -2.30. The van der Waals surface area contributed by atoms with Crippen molar-refractivity contribution >= 4 is 65.9 Å². The van der Waals surface area contributed by atoms with E-state index in [0.29, 0.717) is 0 Å². The molecule has 2 aliphatic carbocycles. The fraction of sp³-hybridized carbons (Fsp3) is 0.0769. The molecule has 11 rings (SSSR count). The standard InChI is InChI=1S/C52H38N2O/c1-3-13-35(14-4-1)36-23-27-41(28-24-36)53(40-17-5-2-6-18-40)42-29-25-37(26-30-42)46-33-43(34-48-45-20-10-12-22-51(45)55-52(46)48)54-49-21-11-9-19-44(49)47-31-38-15-7-8-16-39(38)32-50(47)54/h1-3,5-13,15-23,25-27,29-34H,4,14,24,28H2. The molecule has 0 bridgehead atoms. The van der Waals surface area contributed by atoms with Crippen LogP contribution in [0.2, 0.25) is 0 Å². The van der Waals surface area contributed by atoms with Gasteiger partial charge in [-0.05, 0) is 120 Å². The molecule has 0 amide bonds. The number of furan rings is 1. The van der Waals surface area contributed by atoms with E-state index >= 15 is 0 Å². The fourth-order valence-electron chi connectivity index (χ4n) is 8.89. The highest BCUT2D eigenvalue weighted by Gasteiger charge is 2.21. The van der Waals surface area contributed by atoms with Gasteiger partial charge in [0.1, 0.15) is 11.2 Å². The first-order valence-corrected chi connectivity index (χ1v) is 19.4. The van der Waals surface area contributed by atoms with Gasteiger partial charge in [0, 0.05) is 49.9 Å². The van der Waals surface area contributed by atoms with Gasteiger partial charge in [-0.2, -0.15) is 0 Å². The summed E-state index contributed by atoms with van der Waals surface area (Å²) in [6, 6.07) is 55.0. The minimum atomic E-state index is 0.896. The van der Waals surface area contributed by atoms with E-state index in [1.54, 1.807) is 0 Å². The number of allylic oxidation sites excluding steroid dienone is 8. The van der Waals surface area contributed by atoms with Crippen molar-refractivity contribution in [2.45, 2.75) is 25.7 Å². The number of aromatic nitrogens is 1. The molecule has 0 radical (unpaired) electrons. The molecule has 0 aliphatic heterocycles. The predicted octanol–water partition coefficient (Wildman–Crippen LogP) is 14.5. The largest absolute Gasteiger partial charge is 0.455 e. The van der Waals surface area contributed by atoms with Gasteiger partial charge in [0.15, 0.2) is 0 Å². The van der Waals surface area contributed by atoms with Crippen molar-refractivity contribution in [3.05, 3.63) is 199 Å². The fourth-order valence-corrected chi connectivity index (χ4v) is 8.89. The normalized spacial score (nSPS) is 14.5. The van der Waals surface area contributed by atoms with Crippen LogP contribution in [0.1, 0.15) is 25.7 Å². The molecular formula is C52H38N2O. The number of para-hydroxylation sites is 3. The van der Waals surface area contributed by atoms with Gasteiger partial charge in [0.05, 0.1) is 11.0 Å². The lowest BCUT2D eigenvalue weighted by Crippen LogP contribution is -2.18. The monoisotopic (exact) mass is 706 g/mol. The Morgan fingerprint density at radius 2 is 1.24 bits per heavy atom. The van der Waals surface area contributed by atoms with Crippen LogP contribution in [0.3, 0.4) is 0 Å². The Kier molecular flexibility index (Phi) is 7.44. The predicted molar refractivity (Wildman–Crippen MR) is 231 cm³/mol. The van der Waals surface area contributed by atoms with Crippen LogP contribution in [0.4, 0.5) is 11.4 Å². The van der Waals surface area contributed by atoms with E-state index in [1.807, 2.05) is 0 Å². The van der Waals surface area contributed by atoms with E-state index in [0.717, 1.165) is 70.1 Å². The van der Waals surface area contributed by atoms with Crippen LogP contribution in [0.15, 0.2) is 203 Å². The zero-order chi connectivity index (χ0) is 36.3. The number of benzene rings is 7. The van der Waals surface area contributed by atoms with E-state index in [9.17, 15) is 0 Å². The average molecular weight is 707 g/mol. The van der Waals surface area contributed by atoms with Crippen LogP contribution in [0, 0.1) is 0 Å². The van der Waals surface area contributed by atoms with Gasteiger partial charge >= 0.3 is 0 Å². The van der Waals surface area contributed by atoms with Crippen molar-refractivity contribution in [2.24, 2.45) is 0 Å². The maximum absolute atomic E-state index is 6.70. The van der Waals surface area contributed by atoms with Crippen molar-refractivity contribution in [2.75, 3.05) is 4.90 Å². The Bertz CT molecular complexity index is 3080. The summed E-state index contributed by atoms with van der Waals surface area (Å²) in [7, 11) is 0. The number of anilines is 2. The molecule has 55 heavy (non-hydrogen) atoms. The minimum Gasteiger partial charge on any atom is -0.455 e. The smallest absolute Gasteiger partial charge is 0.143 e. The van der Waals surface area contributed by atoms with Gasteiger partial charge in [-0.3, -0.25) is 0 Å². The Balaban J connectivity index is 1.08. The quantitative estimate of drug-likeness (QED) is 0.172. The molecule has 3 heteroatoms. The van der Waals surface area contributed by atoms with Crippen molar-refractivity contribution < 1.29 is 4.42 Å². The summed E-state index contributed by atoms with van der Waals surface area (Å²) < 4.78 is 9.14. The first kappa shape index (κ1) is 31.7. The van der Waals surface area contributed by atoms with Crippen LogP contribution in [0.5, 0.6) is 0 Å². The molecule has 3 nitrogen and oxygen atoms in total. The van der Waals surface area contributed by atoms with E-state index in [2.05, 4.69) is 192 Å². The molecule has 2 aliphatic rings. The molecule has 0 fully saturated rings. The summed E-state index contributed by atoms with van der Waals surface area (Å²) in [6.07, 6.45) is 15.7. The van der Waals surface area contributed by atoms with Gasteiger partial charge in [-0.25, -0.2) is 0 Å². The maximum atomic E-state index is 6.70. The van der Waals surface area contributed by atoms with E-state index in [4.69, 9.17) is 4.42 Å². The molecule has 0 unspecified atom stereocenters. The summed E-state index contributed by atoms with van der Waals surface area (Å²) in [5, 5.41) is 7.22. The third kappa shape index (κ3) is 5.34. The Morgan fingerprint density at radius 3 is 2.04 bits per heavy atom. The molecule has 262 valence electrons. The Labute approximate surface area is 320 Å². The summed E-state index contributed by atoms with van der Waals surface area (Å²) in [6.45, 7) is 0.